The van der Waals surface area contributed by atoms with E-state index in [1.54, 1.807) is 24.3 Å². The molecule has 0 radical (unpaired) electrons. The van der Waals surface area contributed by atoms with E-state index in [2.05, 4.69) is 0 Å². The number of halogens is 1. The van der Waals surface area contributed by atoms with Gasteiger partial charge in [-0.2, -0.15) is 0 Å². The van der Waals surface area contributed by atoms with Crippen molar-refractivity contribution >= 4 is 29.1 Å². The van der Waals surface area contributed by atoms with Crippen molar-refractivity contribution in [2.45, 2.75) is 32.7 Å². The van der Waals surface area contributed by atoms with Crippen LogP contribution in [0, 0.1) is 0 Å². The molecule has 1 amide bonds. The van der Waals surface area contributed by atoms with Crippen LogP contribution in [0.5, 0.6) is 11.5 Å². The van der Waals surface area contributed by atoms with E-state index in [9.17, 15) is 14.7 Å². The van der Waals surface area contributed by atoms with Crippen LogP contribution in [0.15, 0.2) is 48.0 Å². The number of amides is 1. The van der Waals surface area contributed by atoms with Gasteiger partial charge in [0.05, 0.1) is 30.9 Å². The van der Waals surface area contributed by atoms with Crippen LogP contribution in [0.3, 0.4) is 0 Å². The Kier molecular flexibility index (Phi) is 7.23. The molecule has 3 rings (SSSR count). The van der Waals surface area contributed by atoms with Crippen molar-refractivity contribution in [1.82, 2.24) is 4.90 Å². The van der Waals surface area contributed by atoms with Gasteiger partial charge in [-0.15, -0.1) is 0 Å². The predicted molar refractivity (Wildman–Crippen MR) is 120 cm³/mol. The number of benzene rings is 2. The standard InChI is InChI=1S/C24H26ClNO5/c1-4-12-26-21(15-6-9-17(10-7-15)31-13-5-2)20(23(28)24(26)29)22(27)18-14-16(25)8-11-19(18)30-3/h6-11,14,21,27H,4-5,12-13H2,1-3H3/b22-20+. The van der Waals surface area contributed by atoms with E-state index in [0.717, 1.165) is 6.42 Å². The van der Waals surface area contributed by atoms with Crippen LogP contribution in [0.25, 0.3) is 5.76 Å². The first-order valence-corrected chi connectivity index (χ1v) is 10.7. The van der Waals surface area contributed by atoms with E-state index >= 15 is 0 Å². The Morgan fingerprint density at radius 3 is 2.42 bits per heavy atom. The highest BCUT2D eigenvalue weighted by atomic mass is 35.5. The number of likely N-dealkylation sites (tertiary alicyclic amines) is 1. The van der Waals surface area contributed by atoms with Crippen LogP contribution < -0.4 is 9.47 Å². The summed E-state index contributed by atoms with van der Waals surface area (Å²) in [5.41, 5.74) is 0.984. The Morgan fingerprint density at radius 2 is 1.81 bits per heavy atom. The van der Waals surface area contributed by atoms with Crippen LogP contribution in [-0.2, 0) is 9.59 Å². The number of aliphatic hydroxyl groups is 1. The SMILES string of the molecule is CCCOc1ccc(C2/C(=C(\O)c3cc(Cl)ccc3OC)C(=O)C(=O)N2CCC)cc1. The molecule has 1 fully saturated rings. The second-order valence-electron chi connectivity index (χ2n) is 7.25. The summed E-state index contributed by atoms with van der Waals surface area (Å²) in [5.74, 6) is -0.627. The van der Waals surface area contributed by atoms with Gasteiger partial charge in [0.2, 0.25) is 0 Å². The Morgan fingerprint density at radius 1 is 1.10 bits per heavy atom. The molecule has 1 heterocycles. The molecule has 1 aliphatic heterocycles. The minimum atomic E-state index is -0.732. The molecule has 0 aromatic heterocycles. The van der Waals surface area contributed by atoms with Gasteiger partial charge in [0.1, 0.15) is 17.3 Å². The van der Waals surface area contributed by atoms with E-state index < -0.39 is 17.7 Å². The quantitative estimate of drug-likeness (QED) is 0.354. The van der Waals surface area contributed by atoms with Crippen LogP contribution in [0.1, 0.15) is 43.9 Å². The average Bonchev–Trinajstić information content (AvgIpc) is 3.02. The van der Waals surface area contributed by atoms with Crippen molar-refractivity contribution in [2.75, 3.05) is 20.3 Å². The number of methoxy groups -OCH3 is 1. The monoisotopic (exact) mass is 443 g/mol. The summed E-state index contributed by atoms with van der Waals surface area (Å²) >= 11 is 6.12. The zero-order valence-corrected chi connectivity index (χ0v) is 18.6. The van der Waals surface area contributed by atoms with Gasteiger partial charge in [-0.1, -0.05) is 37.6 Å². The van der Waals surface area contributed by atoms with Crippen LogP contribution in [0.4, 0.5) is 0 Å². The lowest BCUT2D eigenvalue weighted by Gasteiger charge is -2.25. The molecule has 1 unspecified atom stereocenters. The molecule has 0 aliphatic carbocycles. The Hall–Kier alpha value is -2.99. The van der Waals surface area contributed by atoms with E-state index in [0.29, 0.717) is 41.7 Å². The van der Waals surface area contributed by atoms with Crippen molar-refractivity contribution in [3.05, 3.63) is 64.2 Å². The number of carbonyl (C=O) groups is 2. The summed E-state index contributed by atoms with van der Waals surface area (Å²) < 4.78 is 11.0. The number of carbonyl (C=O) groups excluding carboxylic acids is 2. The molecule has 1 atom stereocenters. The second kappa shape index (κ2) is 9.88. The zero-order valence-electron chi connectivity index (χ0n) is 17.9. The molecule has 2 aromatic carbocycles. The Balaban J connectivity index is 2.14. The van der Waals surface area contributed by atoms with E-state index in [1.165, 1.54) is 18.1 Å². The minimum Gasteiger partial charge on any atom is -0.507 e. The van der Waals surface area contributed by atoms with Crippen molar-refractivity contribution in [3.8, 4) is 11.5 Å². The van der Waals surface area contributed by atoms with Gasteiger partial charge in [-0.25, -0.2) is 0 Å². The number of hydrogen-bond donors (Lipinski definition) is 1. The number of rotatable bonds is 8. The summed E-state index contributed by atoms with van der Waals surface area (Å²) in [6.45, 7) is 4.93. The summed E-state index contributed by atoms with van der Waals surface area (Å²) in [4.78, 5) is 27.3. The third-order valence-corrected chi connectivity index (χ3v) is 5.32. The average molecular weight is 444 g/mol. The molecule has 6 nitrogen and oxygen atoms in total. The molecule has 7 heteroatoms. The lowest BCUT2D eigenvalue weighted by molar-refractivity contribution is -0.139. The molecule has 2 aromatic rings. The number of Topliss-reactive ketones (excluding diaryl/α,β-unsaturated/α-hetero) is 1. The molecular formula is C24H26ClNO5. The van der Waals surface area contributed by atoms with Gasteiger partial charge in [0.25, 0.3) is 11.7 Å². The molecule has 1 aliphatic rings. The maximum atomic E-state index is 13.0. The highest BCUT2D eigenvalue weighted by molar-refractivity contribution is 6.46. The number of hydrogen-bond acceptors (Lipinski definition) is 5. The fraction of sp³-hybridized carbons (Fsp3) is 0.333. The predicted octanol–water partition coefficient (Wildman–Crippen LogP) is 4.97. The maximum Gasteiger partial charge on any atom is 0.295 e. The third kappa shape index (κ3) is 4.54. The normalized spacial score (nSPS) is 17.8. The summed E-state index contributed by atoms with van der Waals surface area (Å²) in [6.07, 6.45) is 1.56. The summed E-state index contributed by atoms with van der Waals surface area (Å²) in [5, 5.41) is 11.5. The zero-order chi connectivity index (χ0) is 22.5. The van der Waals surface area contributed by atoms with Gasteiger partial charge in [-0.05, 0) is 48.7 Å². The molecule has 1 saturated heterocycles. The van der Waals surface area contributed by atoms with Crippen LogP contribution in [-0.4, -0.2) is 42.0 Å². The van der Waals surface area contributed by atoms with Gasteiger partial charge < -0.3 is 19.5 Å². The van der Waals surface area contributed by atoms with Gasteiger partial charge >= 0.3 is 0 Å². The van der Waals surface area contributed by atoms with Gasteiger partial charge in [0, 0.05) is 11.6 Å². The van der Waals surface area contributed by atoms with Crippen molar-refractivity contribution in [2.24, 2.45) is 0 Å². The van der Waals surface area contributed by atoms with Crippen molar-refractivity contribution in [1.29, 1.82) is 0 Å². The lowest BCUT2D eigenvalue weighted by Crippen LogP contribution is -2.30. The van der Waals surface area contributed by atoms with Crippen LogP contribution >= 0.6 is 11.6 Å². The van der Waals surface area contributed by atoms with Crippen molar-refractivity contribution < 1.29 is 24.2 Å². The number of nitrogens with zero attached hydrogens (tertiary/aromatic N) is 1. The Bertz CT molecular complexity index is 1000. The number of aliphatic hydroxyl groups excluding tert-OH is 1. The second-order valence-corrected chi connectivity index (χ2v) is 7.69. The van der Waals surface area contributed by atoms with Crippen molar-refractivity contribution in [3.63, 3.8) is 0 Å². The highest BCUT2D eigenvalue weighted by Crippen LogP contribution is 2.41. The number of ether oxygens (including phenoxy) is 2. The molecule has 0 saturated carbocycles. The maximum absolute atomic E-state index is 13.0. The lowest BCUT2D eigenvalue weighted by atomic mass is 9.95. The molecule has 1 N–H and O–H groups in total. The fourth-order valence-electron chi connectivity index (χ4n) is 3.67. The van der Waals surface area contributed by atoms with Gasteiger partial charge in [-0.3, -0.25) is 9.59 Å². The topological polar surface area (TPSA) is 76.1 Å². The molecule has 164 valence electrons. The number of ketones is 1. The molecule has 0 bridgehead atoms. The van der Waals surface area contributed by atoms with E-state index in [-0.39, 0.29) is 16.9 Å². The molecule has 0 spiro atoms. The summed E-state index contributed by atoms with van der Waals surface area (Å²) in [7, 11) is 1.46. The first-order chi connectivity index (χ1) is 14.9. The summed E-state index contributed by atoms with van der Waals surface area (Å²) in [6, 6.07) is 11.3. The van der Waals surface area contributed by atoms with E-state index in [4.69, 9.17) is 21.1 Å². The van der Waals surface area contributed by atoms with E-state index in [1.807, 2.05) is 26.0 Å². The third-order valence-electron chi connectivity index (χ3n) is 5.09. The van der Waals surface area contributed by atoms with Crippen LogP contribution in [0.2, 0.25) is 5.02 Å². The van der Waals surface area contributed by atoms with Gasteiger partial charge in [0.15, 0.2) is 0 Å². The Labute approximate surface area is 187 Å². The molecule has 31 heavy (non-hydrogen) atoms. The first kappa shape index (κ1) is 22.7. The molecular weight excluding hydrogens is 418 g/mol. The highest BCUT2D eigenvalue weighted by Gasteiger charge is 2.45. The minimum absolute atomic E-state index is 0.0150. The fourth-order valence-corrected chi connectivity index (χ4v) is 3.85. The first-order valence-electron chi connectivity index (χ1n) is 10.3. The largest absolute Gasteiger partial charge is 0.507 e. The smallest absolute Gasteiger partial charge is 0.295 e.